The lowest BCUT2D eigenvalue weighted by Gasteiger charge is -1.97. The Kier molecular flexibility index (Phi) is 9.55. The minimum absolute atomic E-state index is 0.769. The molecule has 0 spiro atoms. The number of amidine groups is 1. The molecule has 0 amide bonds. The van der Waals surface area contributed by atoms with E-state index in [0.717, 1.165) is 6.02 Å². The lowest BCUT2D eigenvalue weighted by Crippen LogP contribution is -2.29. The van der Waals surface area contributed by atoms with Gasteiger partial charge in [-0.25, -0.2) is 9.89 Å². The first-order valence-electron chi connectivity index (χ1n) is 3.23. The van der Waals surface area contributed by atoms with E-state index in [2.05, 4.69) is 5.32 Å². The van der Waals surface area contributed by atoms with E-state index in [1.165, 1.54) is 0 Å². The molecule has 0 aromatic rings. The maximum absolute atomic E-state index is 8.64. The van der Waals surface area contributed by atoms with Gasteiger partial charge in [0.1, 0.15) is 0 Å². The number of ether oxygens (including phenoxy) is 1. The highest BCUT2D eigenvalue weighted by Crippen LogP contribution is 1.66. The second-order valence-corrected chi connectivity index (χ2v) is 1.98. The predicted octanol–water partition coefficient (Wildman–Crippen LogP) is -3.20. The smallest absolute Gasteiger partial charge is 0.443 e. The van der Waals surface area contributed by atoms with Crippen LogP contribution in [0.25, 0.3) is 0 Å². The quantitative estimate of drug-likeness (QED) is 0.157. The molecule has 3 N–H and O–H groups in total. The van der Waals surface area contributed by atoms with Crippen molar-refractivity contribution in [2.45, 2.75) is 0 Å². The van der Waals surface area contributed by atoms with Crippen molar-refractivity contribution >= 4 is 13.3 Å². The Morgan fingerprint density at radius 1 is 1.50 bits per heavy atom. The van der Waals surface area contributed by atoms with Crippen LogP contribution in [0.1, 0.15) is 0 Å². The van der Waals surface area contributed by atoms with Gasteiger partial charge >= 0.3 is 13.3 Å². The van der Waals surface area contributed by atoms with Gasteiger partial charge in [0, 0.05) is 0 Å². The molecule has 0 atom stereocenters. The first kappa shape index (κ1) is 13.8. The minimum Gasteiger partial charge on any atom is -0.832 e. The zero-order valence-corrected chi connectivity index (χ0v) is 7.74. The maximum Gasteiger partial charge on any atom is 0.443 e. The fraction of sp³-hybridized carbons (Fsp3) is 0.800. The van der Waals surface area contributed by atoms with Crippen LogP contribution in [-0.4, -0.2) is 56.2 Å². The Morgan fingerprint density at radius 2 is 1.83 bits per heavy atom. The monoisotopic (exact) mass is 178 g/mol. The van der Waals surface area contributed by atoms with Crippen LogP contribution in [-0.2, 0) is 4.74 Å². The van der Waals surface area contributed by atoms with E-state index >= 15 is 0 Å². The average molecular weight is 178 g/mol. The van der Waals surface area contributed by atoms with Crippen LogP contribution in [0.4, 0.5) is 0 Å². The molecule has 12 heavy (non-hydrogen) atoms. The third-order valence-electron chi connectivity index (χ3n) is 0.813. The standard InChI is InChI=1S/C5H12N2O.BH2O3/c1-6-5(8-4)7(2)3;2-1(3)4/h1-4H3;2-3H/q;-1/p+1. The molecule has 0 aromatic carbocycles. The molecule has 0 saturated carbocycles. The fourth-order valence-electron chi connectivity index (χ4n) is 0.508. The predicted molar refractivity (Wildman–Crippen MR) is 43.4 cm³/mol. The summed E-state index contributed by atoms with van der Waals surface area (Å²) in [6.45, 7) is 0. The number of hydrogen-bond donors (Lipinski definition) is 3. The van der Waals surface area contributed by atoms with Gasteiger partial charge in [0.15, 0.2) is 0 Å². The number of nitrogens with zero attached hydrogens (tertiary/aromatic N) is 1. The number of methoxy groups -OCH3 is 1. The lowest BCUT2D eigenvalue weighted by atomic mass is 10.3. The third-order valence-corrected chi connectivity index (χ3v) is 0.813. The molecular weight excluding hydrogens is 163 g/mol. The van der Waals surface area contributed by atoms with Gasteiger partial charge in [-0.2, -0.15) is 0 Å². The Morgan fingerprint density at radius 3 is 1.83 bits per heavy atom. The summed E-state index contributed by atoms with van der Waals surface area (Å²) in [4.78, 5) is 0. The SMILES string of the molecule is CNC(OC)=[N+](C)C.[O-]B(O)O. The molecule has 0 rings (SSSR count). The molecule has 0 aliphatic carbocycles. The van der Waals surface area contributed by atoms with Crippen molar-refractivity contribution in [1.82, 2.24) is 5.32 Å². The highest BCUT2D eigenvalue weighted by Gasteiger charge is 1.99. The van der Waals surface area contributed by atoms with Crippen molar-refractivity contribution in [3.8, 4) is 0 Å². The van der Waals surface area contributed by atoms with E-state index in [4.69, 9.17) is 19.8 Å². The van der Waals surface area contributed by atoms with Gasteiger partial charge in [0.05, 0.1) is 28.3 Å². The Bertz CT molecular complexity index is 127. The second kappa shape index (κ2) is 8.31. The summed E-state index contributed by atoms with van der Waals surface area (Å²) in [6, 6.07) is 0.769. The molecular formula is C5H15BN2O4. The molecule has 0 aromatic heterocycles. The summed E-state index contributed by atoms with van der Waals surface area (Å²) in [5, 5.41) is 25.6. The molecule has 0 aliphatic heterocycles. The summed E-state index contributed by atoms with van der Waals surface area (Å²) >= 11 is 0. The maximum atomic E-state index is 8.64. The highest BCUT2D eigenvalue weighted by molar-refractivity contribution is 6.28. The zero-order chi connectivity index (χ0) is 10.1. The van der Waals surface area contributed by atoms with Crippen LogP contribution in [0.15, 0.2) is 0 Å². The largest absolute Gasteiger partial charge is 0.832 e. The highest BCUT2D eigenvalue weighted by atomic mass is 16.5. The first-order valence-corrected chi connectivity index (χ1v) is 3.23. The topological polar surface area (TPSA) is 87.8 Å². The van der Waals surface area contributed by atoms with Crippen molar-refractivity contribution < 1.29 is 24.4 Å². The van der Waals surface area contributed by atoms with E-state index in [0.29, 0.717) is 0 Å². The summed E-state index contributed by atoms with van der Waals surface area (Å²) in [7, 11) is 4.86. The Balaban J connectivity index is 0. The number of rotatable bonds is 0. The average Bonchev–Trinajstić information content (AvgIpc) is 1.87. The Hall–Kier alpha value is -0.785. The molecule has 0 unspecified atom stereocenters. The summed E-state index contributed by atoms with van der Waals surface area (Å²) in [5.41, 5.74) is 0. The zero-order valence-electron chi connectivity index (χ0n) is 7.74. The lowest BCUT2D eigenvalue weighted by molar-refractivity contribution is -0.476. The molecule has 72 valence electrons. The molecule has 0 fully saturated rings. The van der Waals surface area contributed by atoms with Crippen LogP contribution in [0.5, 0.6) is 0 Å². The molecule has 0 bridgehead atoms. The molecule has 0 heterocycles. The molecule has 0 aliphatic rings. The number of hydrogen-bond acceptors (Lipinski definition) is 4. The van der Waals surface area contributed by atoms with E-state index in [9.17, 15) is 0 Å². The van der Waals surface area contributed by atoms with Gasteiger partial charge in [-0.1, -0.05) is 0 Å². The van der Waals surface area contributed by atoms with Gasteiger partial charge in [-0.05, 0) is 0 Å². The molecule has 6 nitrogen and oxygen atoms in total. The van der Waals surface area contributed by atoms with Crippen LogP contribution < -0.4 is 10.3 Å². The normalized spacial score (nSPS) is 7.58. The molecule has 0 saturated heterocycles. The first-order chi connectivity index (χ1) is 5.45. The van der Waals surface area contributed by atoms with Crippen LogP contribution in [0.3, 0.4) is 0 Å². The van der Waals surface area contributed by atoms with Crippen molar-refractivity contribution in [3.63, 3.8) is 0 Å². The summed E-state index contributed by atoms with van der Waals surface area (Å²) in [6.07, 6.45) is 0. The van der Waals surface area contributed by atoms with Gasteiger partial charge in [0.2, 0.25) is 0 Å². The van der Waals surface area contributed by atoms with Crippen LogP contribution >= 0.6 is 0 Å². The van der Waals surface area contributed by atoms with Gasteiger partial charge < -0.3 is 19.8 Å². The van der Waals surface area contributed by atoms with Crippen molar-refractivity contribution in [2.24, 2.45) is 0 Å². The minimum atomic E-state index is -2.42. The van der Waals surface area contributed by atoms with Gasteiger partial charge in [-0.3, -0.25) is 0 Å². The second-order valence-electron chi connectivity index (χ2n) is 1.98. The van der Waals surface area contributed by atoms with Crippen molar-refractivity contribution in [2.75, 3.05) is 28.3 Å². The summed E-state index contributed by atoms with van der Waals surface area (Å²) in [5.74, 6) is 0. The van der Waals surface area contributed by atoms with E-state index in [-0.39, 0.29) is 0 Å². The van der Waals surface area contributed by atoms with Crippen LogP contribution in [0.2, 0.25) is 0 Å². The third kappa shape index (κ3) is 11.9. The summed E-state index contributed by atoms with van der Waals surface area (Å²) < 4.78 is 6.75. The molecule has 0 radical (unpaired) electrons. The van der Waals surface area contributed by atoms with Crippen LogP contribution in [0, 0.1) is 0 Å². The van der Waals surface area contributed by atoms with Gasteiger partial charge in [0.25, 0.3) is 0 Å². The molecule has 7 heteroatoms. The van der Waals surface area contributed by atoms with Crippen molar-refractivity contribution in [3.05, 3.63) is 0 Å². The van der Waals surface area contributed by atoms with Crippen molar-refractivity contribution in [1.29, 1.82) is 0 Å². The van der Waals surface area contributed by atoms with Gasteiger partial charge in [-0.15, -0.1) is 0 Å². The van der Waals surface area contributed by atoms with E-state index < -0.39 is 7.32 Å². The fourth-order valence-corrected chi connectivity index (χ4v) is 0.508. The Labute approximate surface area is 72.3 Å². The van der Waals surface area contributed by atoms with E-state index in [1.54, 1.807) is 7.11 Å². The number of nitrogens with one attached hydrogen (secondary N) is 1. The van der Waals surface area contributed by atoms with E-state index in [1.807, 2.05) is 25.7 Å².